The number of rotatable bonds is 7. The SMILES string of the molecule is C#CCn1c(=NC(=O)CCCSc2ccc(Cl)cc2)sc2cc(S(N)(=O)=O)ccc21. The maximum absolute atomic E-state index is 12.4. The molecule has 6 nitrogen and oxygen atoms in total. The normalized spacial score (nSPS) is 12.2. The third-order valence-corrected chi connectivity index (χ3v) is 7.37. The molecule has 0 bridgehead atoms. The third kappa shape index (κ3) is 5.74. The topological polar surface area (TPSA) is 94.5 Å². The van der Waals surface area contributed by atoms with E-state index in [1.807, 2.05) is 24.3 Å². The van der Waals surface area contributed by atoms with Crippen molar-refractivity contribution in [1.82, 2.24) is 4.57 Å². The van der Waals surface area contributed by atoms with E-state index < -0.39 is 10.0 Å². The summed E-state index contributed by atoms with van der Waals surface area (Å²) in [5.74, 6) is 3.06. The van der Waals surface area contributed by atoms with Crippen LogP contribution in [-0.2, 0) is 21.4 Å². The fourth-order valence-electron chi connectivity index (χ4n) is 2.67. The van der Waals surface area contributed by atoms with Gasteiger partial charge in [-0.1, -0.05) is 28.9 Å². The second kappa shape index (κ2) is 9.81. The second-order valence-corrected chi connectivity index (χ2v) is 10.4. The third-order valence-electron chi connectivity index (χ3n) is 4.07. The van der Waals surface area contributed by atoms with Crippen molar-refractivity contribution in [3.8, 4) is 12.3 Å². The van der Waals surface area contributed by atoms with Gasteiger partial charge in [0.05, 0.1) is 21.7 Å². The summed E-state index contributed by atoms with van der Waals surface area (Å²) in [6.45, 7) is 0.216. The number of aromatic nitrogens is 1. The molecule has 0 aliphatic heterocycles. The Kier molecular flexibility index (Phi) is 7.39. The number of primary sulfonamides is 1. The van der Waals surface area contributed by atoms with Crippen molar-refractivity contribution in [2.45, 2.75) is 29.2 Å². The summed E-state index contributed by atoms with van der Waals surface area (Å²) in [6, 6.07) is 12.0. The van der Waals surface area contributed by atoms with Crippen LogP contribution in [0.5, 0.6) is 0 Å². The Morgan fingerprint density at radius 1 is 1.27 bits per heavy atom. The van der Waals surface area contributed by atoms with Gasteiger partial charge in [0.1, 0.15) is 0 Å². The highest BCUT2D eigenvalue weighted by molar-refractivity contribution is 7.99. The number of benzene rings is 2. The number of carbonyl (C=O) groups is 1. The zero-order valence-corrected chi connectivity index (χ0v) is 19.0. The zero-order valence-electron chi connectivity index (χ0n) is 15.7. The summed E-state index contributed by atoms with van der Waals surface area (Å²) in [5.41, 5.74) is 0.704. The molecule has 0 atom stereocenters. The number of thiazole rings is 1. The minimum atomic E-state index is -3.82. The fourth-order valence-corrected chi connectivity index (χ4v) is 5.35. The smallest absolute Gasteiger partial charge is 0.248 e. The molecular formula is C20H18ClN3O3S3. The molecule has 156 valence electrons. The first-order valence-electron chi connectivity index (χ1n) is 8.83. The second-order valence-electron chi connectivity index (χ2n) is 6.26. The number of carbonyl (C=O) groups excluding carboxylic acids is 1. The molecule has 30 heavy (non-hydrogen) atoms. The molecular weight excluding hydrogens is 462 g/mol. The molecule has 2 aromatic carbocycles. The van der Waals surface area contributed by atoms with E-state index >= 15 is 0 Å². The predicted molar refractivity (Wildman–Crippen MR) is 122 cm³/mol. The Morgan fingerprint density at radius 3 is 2.67 bits per heavy atom. The first-order valence-corrected chi connectivity index (χ1v) is 12.6. The highest BCUT2D eigenvalue weighted by Gasteiger charge is 2.13. The molecule has 10 heteroatoms. The molecule has 2 N–H and O–H groups in total. The molecule has 0 radical (unpaired) electrons. The number of halogens is 1. The molecule has 0 spiro atoms. The van der Waals surface area contributed by atoms with E-state index in [1.54, 1.807) is 22.4 Å². The van der Waals surface area contributed by atoms with E-state index in [4.69, 9.17) is 23.2 Å². The van der Waals surface area contributed by atoms with Gasteiger partial charge in [0.2, 0.25) is 15.9 Å². The van der Waals surface area contributed by atoms with Crippen LogP contribution in [0.25, 0.3) is 10.2 Å². The maximum atomic E-state index is 12.4. The van der Waals surface area contributed by atoms with Crippen molar-refractivity contribution in [1.29, 1.82) is 0 Å². The summed E-state index contributed by atoms with van der Waals surface area (Å²) in [4.78, 5) is 18.1. The number of nitrogens with two attached hydrogens (primary N) is 1. The lowest BCUT2D eigenvalue weighted by Gasteiger charge is -2.02. The molecule has 3 rings (SSSR count). The number of fused-ring (bicyclic) bond motifs is 1. The van der Waals surface area contributed by atoms with E-state index in [-0.39, 0.29) is 17.3 Å². The number of terminal acetylenes is 1. The van der Waals surface area contributed by atoms with Crippen molar-refractivity contribution in [2.24, 2.45) is 10.1 Å². The summed E-state index contributed by atoms with van der Waals surface area (Å²) in [6.07, 6.45) is 6.42. The van der Waals surface area contributed by atoms with Crippen molar-refractivity contribution in [3.05, 3.63) is 52.3 Å². The van der Waals surface area contributed by atoms with Gasteiger partial charge in [-0.3, -0.25) is 4.79 Å². The number of hydrogen-bond acceptors (Lipinski definition) is 5. The largest absolute Gasteiger partial charge is 0.305 e. The monoisotopic (exact) mass is 479 g/mol. The van der Waals surface area contributed by atoms with E-state index in [0.717, 1.165) is 10.6 Å². The quantitative estimate of drug-likeness (QED) is 0.318. The van der Waals surface area contributed by atoms with Gasteiger partial charge in [0, 0.05) is 16.3 Å². The van der Waals surface area contributed by atoms with E-state index in [1.165, 1.54) is 23.5 Å². The molecule has 0 saturated heterocycles. The lowest BCUT2D eigenvalue weighted by atomic mass is 10.3. The van der Waals surface area contributed by atoms with E-state index in [9.17, 15) is 13.2 Å². The number of nitrogens with zero attached hydrogens (tertiary/aromatic N) is 2. The average Bonchev–Trinajstić information content (AvgIpc) is 3.02. The van der Waals surface area contributed by atoms with Gasteiger partial charge < -0.3 is 4.57 Å². The minimum Gasteiger partial charge on any atom is -0.305 e. The van der Waals surface area contributed by atoms with Gasteiger partial charge >= 0.3 is 0 Å². The van der Waals surface area contributed by atoms with Crippen LogP contribution in [0.4, 0.5) is 0 Å². The van der Waals surface area contributed by atoms with Crippen LogP contribution >= 0.6 is 34.7 Å². The van der Waals surface area contributed by atoms with Crippen LogP contribution in [0.15, 0.2) is 57.2 Å². The van der Waals surface area contributed by atoms with E-state index in [0.29, 0.717) is 32.9 Å². The molecule has 0 aliphatic carbocycles. The van der Waals surface area contributed by atoms with E-state index in [2.05, 4.69) is 10.9 Å². The Balaban J connectivity index is 1.75. The van der Waals surface area contributed by atoms with Gasteiger partial charge in [-0.05, 0) is 54.6 Å². The molecule has 1 heterocycles. The Hall–Kier alpha value is -2.09. The van der Waals surface area contributed by atoms with Crippen molar-refractivity contribution >= 4 is 60.8 Å². The van der Waals surface area contributed by atoms with Crippen LogP contribution in [-0.4, -0.2) is 24.6 Å². The van der Waals surface area contributed by atoms with Crippen LogP contribution in [0, 0.1) is 12.3 Å². The summed E-state index contributed by atoms with van der Waals surface area (Å²) >= 11 is 8.72. The van der Waals surface area contributed by atoms with Gasteiger partial charge in [0.15, 0.2) is 4.80 Å². The van der Waals surface area contributed by atoms with Crippen LogP contribution in [0.3, 0.4) is 0 Å². The van der Waals surface area contributed by atoms with Crippen LogP contribution < -0.4 is 9.94 Å². The maximum Gasteiger partial charge on any atom is 0.248 e. The molecule has 1 amide bonds. The Bertz CT molecular complexity index is 1290. The Morgan fingerprint density at radius 2 is 2.00 bits per heavy atom. The first-order chi connectivity index (χ1) is 14.3. The van der Waals surface area contributed by atoms with Crippen molar-refractivity contribution < 1.29 is 13.2 Å². The lowest BCUT2D eigenvalue weighted by molar-refractivity contribution is -0.118. The summed E-state index contributed by atoms with van der Waals surface area (Å²) in [5, 5.41) is 5.89. The molecule has 0 aliphatic rings. The van der Waals surface area contributed by atoms with Crippen molar-refractivity contribution in [3.63, 3.8) is 0 Å². The number of amides is 1. The van der Waals surface area contributed by atoms with Crippen molar-refractivity contribution in [2.75, 3.05) is 5.75 Å². The number of thioether (sulfide) groups is 1. The van der Waals surface area contributed by atoms with Gasteiger partial charge in [-0.25, -0.2) is 13.6 Å². The number of sulfonamides is 1. The van der Waals surface area contributed by atoms with Crippen LogP contribution in [0.1, 0.15) is 12.8 Å². The number of hydrogen-bond donors (Lipinski definition) is 1. The first kappa shape index (κ1) is 22.6. The predicted octanol–water partition coefficient (Wildman–Crippen LogP) is 3.64. The van der Waals surface area contributed by atoms with Crippen LogP contribution in [0.2, 0.25) is 5.02 Å². The summed E-state index contributed by atoms with van der Waals surface area (Å²) in [7, 11) is -3.82. The highest BCUT2D eigenvalue weighted by atomic mass is 35.5. The standard InChI is InChI=1S/C20H18ClN3O3S3/c1-2-11-24-17-10-9-16(30(22,26)27)13-18(17)29-20(24)23-19(25)4-3-12-28-15-7-5-14(21)6-8-15/h1,5-10,13H,3-4,11-12H2,(H2,22,26,27). The van der Waals surface area contributed by atoms with Gasteiger partial charge in [-0.2, -0.15) is 4.99 Å². The molecule has 1 aromatic heterocycles. The van der Waals surface area contributed by atoms with Gasteiger partial charge in [0.25, 0.3) is 0 Å². The minimum absolute atomic E-state index is 0.00112. The van der Waals surface area contributed by atoms with Gasteiger partial charge in [-0.15, -0.1) is 18.2 Å². The fraction of sp³-hybridized carbons (Fsp3) is 0.200. The zero-order chi connectivity index (χ0) is 21.7. The highest BCUT2D eigenvalue weighted by Crippen LogP contribution is 2.22. The Labute approximate surface area is 187 Å². The molecule has 0 saturated carbocycles. The average molecular weight is 480 g/mol. The molecule has 0 fully saturated rings. The summed E-state index contributed by atoms with van der Waals surface area (Å²) < 4.78 is 25.5. The molecule has 0 unspecified atom stereocenters. The molecule has 3 aromatic rings. The lowest BCUT2D eigenvalue weighted by Crippen LogP contribution is -2.16.